The third kappa shape index (κ3) is 1.14. The van der Waals surface area contributed by atoms with E-state index in [0.717, 1.165) is 11.5 Å². The quantitative estimate of drug-likeness (QED) is 0.650. The standard InChI is InChI=1S/C10H20O2Si/c1-8-7-10(8,2)13(11-3,12-4)9-5-6-9/h8-9H,5-7H2,1-4H3. The van der Waals surface area contributed by atoms with Crippen molar-refractivity contribution in [1.29, 1.82) is 0 Å². The summed E-state index contributed by atoms with van der Waals surface area (Å²) in [6, 6.07) is 0. The molecular formula is C10H20O2Si. The van der Waals surface area contributed by atoms with Crippen molar-refractivity contribution in [3.05, 3.63) is 0 Å². The maximum absolute atomic E-state index is 5.83. The van der Waals surface area contributed by atoms with Gasteiger partial charge < -0.3 is 8.85 Å². The summed E-state index contributed by atoms with van der Waals surface area (Å²) in [5, 5.41) is 0.400. The first kappa shape index (κ1) is 9.68. The van der Waals surface area contributed by atoms with Gasteiger partial charge in [-0.3, -0.25) is 0 Å². The highest BCUT2D eigenvalue weighted by molar-refractivity contribution is 6.73. The normalized spacial score (nSPS) is 39.2. The molecule has 13 heavy (non-hydrogen) atoms. The van der Waals surface area contributed by atoms with Gasteiger partial charge in [0.15, 0.2) is 0 Å². The molecule has 0 aromatic rings. The summed E-state index contributed by atoms with van der Waals surface area (Å²) in [5.74, 6) is 0.805. The Morgan fingerprint density at radius 2 is 1.69 bits per heavy atom. The molecule has 0 amide bonds. The molecule has 2 rings (SSSR count). The second kappa shape index (κ2) is 2.81. The van der Waals surface area contributed by atoms with E-state index in [0.29, 0.717) is 5.04 Å². The summed E-state index contributed by atoms with van der Waals surface area (Å²) in [6.07, 6.45) is 3.96. The van der Waals surface area contributed by atoms with Gasteiger partial charge in [-0.1, -0.05) is 13.8 Å². The van der Waals surface area contributed by atoms with Crippen LogP contribution in [0.3, 0.4) is 0 Å². The number of rotatable bonds is 4. The van der Waals surface area contributed by atoms with Crippen molar-refractivity contribution in [3.63, 3.8) is 0 Å². The van der Waals surface area contributed by atoms with Gasteiger partial charge in [0.25, 0.3) is 0 Å². The van der Waals surface area contributed by atoms with E-state index in [1.165, 1.54) is 19.3 Å². The summed E-state index contributed by atoms with van der Waals surface area (Å²) in [7, 11) is 1.84. The smallest absolute Gasteiger partial charge is 0.347 e. The zero-order chi connectivity index (χ0) is 9.69. The molecule has 0 aromatic carbocycles. The van der Waals surface area contributed by atoms with Crippen LogP contribution in [0, 0.1) is 5.92 Å². The Balaban J connectivity index is 2.21. The molecule has 76 valence electrons. The third-order valence-corrected chi connectivity index (χ3v) is 9.33. The summed E-state index contributed by atoms with van der Waals surface area (Å²) in [6.45, 7) is 4.68. The van der Waals surface area contributed by atoms with Crippen molar-refractivity contribution >= 4 is 8.56 Å². The highest BCUT2D eigenvalue weighted by Gasteiger charge is 2.70. The maximum atomic E-state index is 5.83. The van der Waals surface area contributed by atoms with Crippen molar-refractivity contribution in [2.45, 2.75) is 43.7 Å². The van der Waals surface area contributed by atoms with Crippen LogP contribution in [0.25, 0.3) is 0 Å². The molecule has 0 bridgehead atoms. The molecule has 2 unspecified atom stereocenters. The van der Waals surface area contributed by atoms with Gasteiger partial charge in [-0.2, -0.15) is 0 Å². The van der Waals surface area contributed by atoms with E-state index in [-0.39, 0.29) is 0 Å². The van der Waals surface area contributed by atoms with E-state index in [4.69, 9.17) is 8.85 Å². The van der Waals surface area contributed by atoms with Gasteiger partial charge in [0.2, 0.25) is 0 Å². The number of hydrogen-bond acceptors (Lipinski definition) is 2. The second-order valence-corrected chi connectivity index (χ2v) is 8.98. The van der Waals surface area contributed by atoms with Crippen molar-refractivity contribution < 1.29 is 8.85 Å². The van der Waals surface area contributed by atoms with Gasteiger partial charge >= 0.3 is 8.56 Å². The molecule has 2 atom stereocenters. The molecule has 0 saturated heterocycles. The summed E-state index contributed by atoms with van der Waals surface area (Å²) in [5.41, 5.74) is 0.775. The largest absolute Gasteiger partial charge is 0.397 e. The lowest BCUT2D eigenvalue weighted by Crippen LogP contribution is -2.46. The van der Waals surface area contributed by atoms with Gasteiger partial charge in [0.05, 0.1) is 0 Å². The fourth-order valence-electron chi connectivity index (χ4n) is 2.88. The molecule has 0 heterocycles. The van der Waals surface area contributed by atoms with E-state index < -0.39 is 8.56 Å². The Labute approximate surface area is 81.9 Å². The Morgan fingerprint density at radius 1 is 1.23 bits per heavy atom. The molecule has 0 N–H and O–H groups in total. The van der Waals surface area contributed by atoms with Crippen molar-refractivity contribution in [2.75, 3.05) is 14.2 Å². The molecular weight excluding hydrogens is 180 g/mol. The lowest BCUT2D eigenvalue weighted by atomic mass is 10.4. The first-order valence-corrected chi connectivity index (χ1v) is 7.10. The minimum absolute atomic E-state index is 0.400. The van der Waals surface area contributed by atoms with E-state index in [2.05, 4.69) is 13.8 Å². The molecule has 0 aliphatic heterocycles. The van der Waals surface area contributed by atoms with Crippen LogP contribution in [-0.4, -0.2) is 22.8 Å². The van der Waals surface area contributed by atoms with Crippen LogP contribution in [0.1, 0.15) is 33.1 Å². The average Bonchev–Trinajstić information content (AvgIpc) is 2.97. The highest BCUT2D eigenvalue weighted by Crippen LogP contribution is 2.71. The van der Waals surface area contributed by atoms with Crippen LogP contribution in [-0.2, 0) is 8.85 Å². The van der Waals surface area contributed by atoms with Crippen molar-refractivity contribution in [1.82, 2.24) is 0 Å². The third-order valence-electron chi connectivity index (χ3n) is 4.18. The first-order chi connectivity index (χ1) is 6.10. The summed E-state index contributed by atoms with van der Waals surface area (Å²) < 4.78 is 11.7. The monoisotopic (exact) mass is 200 g/mol. The minimum Gasteiger partial charge on any atom is -0.397 e. The van der Waals surface area contributed by atoms with Gasteiger partial charge in [-0.25, -0.2) is 0 Å². The fraction of sp³-hybridized carbons (Fsp3) is 1.00. The molecule has 2 nitrogen and oxygen atoms in total. The maximum Gasteiger partial charge on any atom is 0.347 e. The van der Waals surface area contributed by atoms with E-state index in [1.807, 2.05) is 14.2 Å². The van der Waals surface area contributed by atoms with Crippen LogP contribution in [0.2, 0.25) is 10.6 Å². The molecule has 3 heteroatoms. The van der Waals surface area contributed by atoms with Gasteiger partial charge in [0, 0.05) is 24.8 Å². The topological polar surface area (TPSA) is 18.5 Å². The van der Waals surface area contributed by atoms with E-state index >= 15 is 0 Å². The van der Waals surface area contributed by atoms with Crippen LogP contribution in [0.5, 0.6) is 0 Å². The lowest BCUT2D eigenvalue weighted by Gasteiger charge is -2.34. The zero-order valence-electron chi connectivity index (χ0n) is 9.09. The molecule has 2 saturated carbocycles. The average molecular weight is 200 g/mol. The van der Waals surface area contributed by atoms with Crippen molar-refractivity contribution in [3.8, 4) is 0 Å². The SMILES string of the molecule is CO[Si](OC)(C1CC1)C1(C)CC1C. The molecule has 0 radical (unpaired) electrons. The molecule has 2 aliphatic rings. The summed E-state index contributed by atoms with van der Waals surface area (Å²) >= 11 is 0. The van der Waals surface area contributed by atoms with Gasteiger partial charge in [0.1, 0.15) is 0 Å². The lowest BCUT2D eigenvalue weighted by molar-refractivity contribution is 0.222. The first-order valence-electron chi connectivity index (χ1n) is 5.21. The predicted octanol–water partition coefficient (Wildman–Crippen LogP) is 2.69. The van der Waals surface area contributed by atoms with Crippen LogP contribution < -0.4 is 0 Å². The highest BCUT2D eigenvalue weighted by atomic mass is 28.4. The molecule has 2 aliphatic carbocycles. The second-order valence-electron chi connectivity index (χ2n) is 4.87. The Bertz CT molecular complexity index is 211. The molecule has 0 spiro atoms. The zero-order valence-corrected chi connectivity index (χ0v) is 10.1. The fourth-order valence-corrected chi connectivity index (χ4v) is 7.78. The Hall–Kier alpha value is 0.137. The predicted molar refractivity (Wildman–Crippen MR) is 54.9 cm³/mol. The molecule has 0 aromatic heterocycles. The number of hydrogen-bond donors (Lipinski definition) is 0. The summed E-state index contributed by atoms with van der Waals surface area (Å²) in [4.78, 5) is 0. The van der Waals surface area contributed by atoms with Gasteiger partial charge in [-0.05, 0) is 25.2 Å². The Morgan fingerprint density at radius 3 is 1.92 bits per heavy atom. The van der Waals surface area contributed by atoms with Gasteiger partial charge in [-0.15, -0.1) is 0 Å². The van der Waals surface area contributed by atoms with Crippen LogP contribution in [0.15, 0.2) is 0 Å². The van der Waals surface area contributed by atoms with E-state index in [1.54, 1.807) is 0 Å². The van der Waals surface area contributed by atoms with Crippen LogP contribution >= 0.6 is 0 Å². The van der Waals surface area contributed by atoms with E-state index in [9.17, 15) is 0 Å². The Kier molecular flexibility index (Phi) is 2.09. The minimum atomic E-state index is -1.86. The van der Waals surface area contributed by atoms with Crippen LogP contribution in [0.4, 0.5) is 0 Å². The molecule has 2 fully saturated rings. The van der Waals surface area contributed by atoms with Crippen molar-refractivity contribution in [2.24, 2.45) is 5.92 Å².